The number of carbonyl (C=O) groups excluding carboxylic acids is 1. The highest BCUT2D eigenvalue weighted by molar-refractivity contribution is 6.16. The van der Waals surface area contributed by atoms with Gasteiger partial charge in [-0.3, -0.25) is 0 Å². The van der Waals surface area contributed by atoms with Crippen LogP contribution in [-0.4, -0.2) is 56.5 Å². The van der Waals surface area contributed by atoms with E-state index in [0.717, 1.165) is 6.07 Å². The summed E-state index contributed by atoms with van der Waals surface area (Å²) in [7, 11) is 2.62. The predicted molar refractivity (Wildman–Crippen MR) is 108 cm³/mol. The highest BCUT2D eigenvalue weighted by atomic mass is 19.4. The highest BCUT2D eigenvalue weighted by Crippen LogP contribution is 2.31. The zero-order chi connectivity index (χ0) is 23.1. The number of benzene rings is 1. The van der Waals surface area contributed by atoms with Gasteiger partial charge in [0, 0.05) is 19.2 Å². The molecule has 1 aliphatic rings. The van der Waals surface area contributed by atoms with Crippen LogP contribution < -0.4 is 9.64 Å². The molecule has 1 aliphatic heterocycles. The summed E-state index contributed by atoms with van der Waals surface area (Å²) in [6.07, 6.45) is -3.44. The number of aromatic nitrogens is 2. The smallest absolute Gasteiger partial charge is 0.433 e. The summed E-state index contributed by atoms with van der Waals surface area (Å²) in [5.74, 6) is -0.949. The molecule has 0 amide bonds. The van der Waals surface area contributed by atoms with Crippen molar-refractivity contribution in [1.29, 1.82) is 0 Å². The molecule has 2 aromatic rings. The first kappa shape index (κ1) is 23.3. The number of hydrogen-bond acceptors (Lipinski definition) is 8. The minimum absolute atomic E-state index is 0.0825. The molecule has 1 aromatic carbocycles. The van der Waals surface area contributed by atoms with E-state index < -0.39 is 17.8 Å². The number of nitrogens with zero attached hydrogens (tertiary/aromatic N) is 3. The lowest BCUT2D eigenvalue weighted by molar-refractivity contribution is -0.141. The predicted octanol–water partition coefficient (Wildman–Crippen LogP) is 3.07. The van der Waals surface area contributed by atoms with Gasteiger partial charge in [-0.1, -0.05) is 24.3 Å². The number of carbonyl (C=O) groups is 1. The van der Waals surface area contributed by atoms with Gasteiger partial charge in [-0.15, -0.1) is 0 Å². The Hall–Kier alpha value is -3.34. The Morgan fingerprint density at radius 2 is 1.91 bits per heavy atom. The van der Waals surface area contributed by atoms with Crippen LogP contribution in [-0.2, 0) is 31.8 Å². The third kappa shape index (κ3) is 5.67. The van der Waals surface area contributed by atoms with Crippen molar-refractivity contribution in [2.45, 2.75) is 12.8 Å². The molecular weight excluding hydrogens is 431 g/mol. The summed E-state index contributed by atoms with van der Waals surface area (Å²) in [5.41, 5.74) is 0.0228. The van der Waals surface area contributed by atoms with Gasteiger partial charge in [0.05, 0.1) is 33.7 Å². The van der Waals surface area contributed by atoms with Crippen LogP contribution in [0.4, 0.5) is 19.1 Å². The van der Waals surface area contributed by atoms with E-state index >= 15 is 0 Å². The molecule has 11 heteroatoms. The van der Waals surface area contributed by atoms with E-state index in [1.165, 1.54) is 20.5 Å². The van der Waals surface area contributed by atoms with Crippen molar-refractivity contribution in [3.8, 4) is 5.88 Å². The molecule has 1 fully saturated rings. The first-order valence-corrected chi connectivity index (χ1v) is 9.64. The maximum atomic E-state index is 13.4. The molecule has 0 bridgehead atoms. The summed E-state index contributed by atoms with van der Waals surface area (Å²) in [6, 6.07) is 7.49. The van der Waals surface area contributed by atoms with Gasteiger partial charge in [-0.25, -0.2) is 9.78 Å². The van der Waals surface area contributed by atoms with Crippen LogP contribution >= 0.6 is 0 Å². The third-order valence-electron chi connectivity index (χ3n) is 4.60. The summed E-state index contributed by atoms with van der Waals surface area (Å²) in [4.78, 5) is 21.5. The molecule has 0 unspecified atom stereocenters. The van der Waals surface area contributed by atoms with Gasteiger partial charge < -0.3 is 23.8 Å². The van der Waals surface area contributed by atoms with Gasteiger partial charge in [0.25, 0.3) is 0 Å². The number of morpholine rings is 1. The van der Waals surface area contributed by atoms with Crippen LogP contribution in [0.1, 0.15) is 16.8 Å². The van der Waals surface area contributed by atoms with Gasteiger partial charge in [-0.05, 0) is 11.1 Å². The van der Waals surface area contributed by atoms with Crippen molar-refractivity contribution in [3.05, 3.63) is 53.4 Å². The topological polar surface area (TPSA) is 83.0 Å². The molecule has 0 N–H and O–H groups in total. The lowest BCUT2D eigenvalue weighted by atomic mass is 10.0. The van der Waals surface area contributed by atoms with Crippen molar-refractivity contribution < 1.29 is 36.9 Å². The average molecular weight is 453 g/mol. The maximum Gasteiger partial charge on any atom is 0.433 e. The zero-order valence-electron chi connectivity index (χ0n) is 17.5. The highest BCUT2D eigenvalue weighted by Gasteiger charge is 2.35. The molecule has 2 heterocycles. The molecule has 0 saturated carbocycles. The van der Waals surface area contributed by atoms with Crippen LogP contribution in [0, 0.1) is 0 Å². The summed E-state index contributed by atoms with van der Waals surface area (Å²) in [5, 5.41) is 0. The second-order valence-corrected chi connectivity index (χ2v) is 6.69. The zero-order valence-corrected chi connectivity index (χ0v) is 17.5. The number of alkyl halides is 3. The minimum Gasteiger partial charge on any atom is -0.503 e. The average Bonchev–Trinajstić information content (AvgIpc) is 2.81. The van der Waals surface area contributed by atoms with Crippen molar-refractivity contribution in [3.63, 3.8) is 0 Å². The van der Waals surface area contributed by atoms with E-state index in [-0.39, 0.29) is 24.0 Å². The van der Waals surface area contributed by atoms with E-state index in [9.17, 15) is 18.0 Å². The molecular formula is C21H22F3N3O5. The van der Waals surface area contributed by atoms with Crippen molar-refractivity contribution in [2.75, 3.05) is 45.4 Å². The van der Waals surface area contributed by atoms with Gasteiger partial charge in [-0.2, -0.15) is 18.2 Å². The molecule has 0 aliphatic carbocycles. The molecule has 0 spiro atoms. The summed E-state index contributed by atoms with van der Waals surface area (Å²) in [6.45, 7) is 1.32. The number of ether oxygens (including phenoxy) is 4. The van der Waals surface area contributed by atoms with Crippen molar-refractivity contribution in [1.82, 2.24) is 9.97 Å². The van der Waals surface area contributed by atoms with Crippen LogP contribution in [0.25, 0.3) is 5.57 Å². The van der Waals surface area contributed by atoms with Crippen molar-refractivity contribution in [2.24, 2.45) is 0 Å². The van der Waals surface area contributed by atoms with Gasteiger partial charge in [0.1, 0.15) is 12.2 Å². The molecule has 0 radical (unpaired) electrons. The number of rotatable bonds is 7. The number of anilines is 1. The SMILES string of the molecule is CO/C=C(/C(=O)OC)c1ccccc1COc1cc(C(F)(F)F)nc(N2CCOCC2)n1. The Labute approximate surface area is 182 Å². The van der Waals surface area contributed by atoms with E-state index in [1.54, 1.807) is 29.2 Å². The Kier molecular flexibility index (Phi) is 7.52. The molecule has 32 heavy (non-hydrogen) atoms. The molecule has 8 nitrogen and oxygen atoms in total. The first-order chi connectivity index (χ1) is 15.3. The number of methoxy groups -OCH3 is 2. The lowest BCUT2D eigenvalue weighted by Gasteiger charge is -2.27. The Morgan fingerprint density at radius 3 is 2.56 bits per heavy atom. The minimum atomic E-state index is -4.67. The third-order valence-corrected chi connectivity index (χ3v) is 4.60. The van der Waals surface area contributed by atoms with Crippen LogP contribution in [0.5, 0.6) is 5.88 Å². The summed E-state index contributed by atoms with van der Waals surface area (Å²) < 4.78 is 60.8. The van der Waals surface area contributed by atoms with Gasteiger partial charge in [0.2, 0.25) is 11.8 Å². The number of halogens is 3. The fourth-order valence-electron chi connectivity index (χ4n) is 3.05. The number of esters is 1. The van der Waals surface area contributed by atoms with E-state index in [4.69, 9.17) is 18.9 Å². The Balaban J connectivity index is 1.90. The molecule has 3 rings (SSSR count). The monoisotopic (exact) mass is 453 g/mol. The lowest BCUT2D eigenvalue weighted by Crippen LogP contribution is -2.37. The second kappa shape index (κ2) is 10.3. The number of hydrogen-bond donors (Lipinski definition) is 0. The standard InChI is InChI=1S/C21H22F3N3O5/c1-29-13-16(19(28)30-2)15-6-4-3-5-14(15)12-32-18-11-17(21(22,23)24)25-20(26-18)27-7-9-31-10-8-27/h3-6,11,13H,7-10,12H2,1-2H3/b16-13+. The normalized spacial score (nSPS) is 14.8. The van der Waals surface area contributed by atoms with Gasteiger partial charge in [0.15, 0.2) is 5.69 Å². The van der Waals surface area contributed by atoms with Crippen LogP contribution in [0.3, 0.4) is 0 Å². The van der Waals surface area contributed by atoms with Crippen LogP contribution in [0.2, 0.25) is 0 Å². The molecule has 0 atom stereocenters. The Bertz CT molecular complexity index is 975. The summed E-state index contributed by atoms with van der Waals surface area (Å²) >= 11 is 0. The van der Waals surface area contributed by atoms with Crippen LogP contribution in [0.15, 0.2) is 36.6 Å². The Morgan fingerprint density at radius 1 is 1.19 bits per heavy atom. The second-order valence-electron chi connectivity index (χ2n) is 6.69. The van der Waals surface area contributed by atoms with E-state index in [0.29, 0.717) is 37.4 Å². The maximum absolute atomic E-state index is 13.4. The van der Waals surface area contributed by atoms with Crippen molar-refractivity contribution >= 4 is 17.5 Å². The first-order valence-electron chi connectivity index (χ1n) is 9.64. The molecule has 172 valence electrons. The fraction of sp³-hybridized carbons (Fsp3) is 0.381. The largest absolute Gasteiger partial charge is 0.503 e. The molecule has 1 aromatic heterocycles. The van der Waals surface area contributed by atoms with E-state index in [2.05, 4.69) is 9.97 Å². The molecule has 1 saturated heterocycles. The van der Waals surface area contributed by atoms with E-state index in [1.807, 2.05) is 0 Å². The fourth-order valence-corrected chi connectivity index (χ4v) is 3.05. The quantitative estimate of drug-likeness (QED) is 0.359. The van der Waals surface area contributed by atoms with Gasteiger partial charge >= 0.3 is 12.1 Å².